The van der Waals surface area contributed by atoms with Crippen LogP contribution in [0.4, 0.5) is 0 Å². The Labute approximate surface area is 105 Å². The fourth-order valence-corrected chi connectivity index (χ4v) is 2.55. The molecule has 1 fully saturated rings. The van der Waals surface area contributed by atoms with E-state index in [0.29, 0.717) is 0 Å². The maximum absolute atomic E-state index is 4.41. The fraction of sp³-hybridized carbons (Fsp3) is 0.500. The summed E-state index contributed by atoms with van der Waals surface area (Å²) in [5.41, 5.74) is 4.15. The number of hydrogen-bond donors (Lipinski definition) is 1. The molecule has 1 aliphatic rings. The Bertz CT molecular complexity index is 498. The minimum absolute atomic E-state index is 0.740. The second-order valence-corrected chi connectivity index (χ2v) is 5.49. The summed E-state index contributed by atoms with van der Waals surface area (Å²) in [6.45, 7) is 3.82. The fourth-order valence-electron chi connectivity index (χ4n) is 1.76. The van der Waals surface area contributed by atoms with Gasteiger partial charge in [-0.1, -0.05) is 0 Å². The average molecular weight is 248 g/mol. The van der Waals surface area contributed by atoms with Crippen molar-refractivity contribution in [1.82, 2.24) is 19.9 Å². The van der Waals surface area contributed by atoms with E-state index in [2.05, 4.69) is 33.0 Å². The molecule has 0 bridgehead atoms. The number of rotatable bonds is 5. The van der Waals surface area contributed by atoms with Crippen LogP contribution >= 0.6 is 11.3 Å². The van der Waals surface area contributed by atoms with Crippen molar-refractivity contribution >= 4 is 11.3 Å². The molecular formula is C12H16N4S. The predicted octanol–water partition coefficient (Wildman–Crippen LogP) is 1.95. The number of thiazole rings is 1. The molecule has 17 heavy (non-hydrogen) atoms. The van der Waals surface area contributed by atoms with Crippen LogP contribution in [0.1, 0.15) is 29.1 Å². The summed E-state index contributed by atoms with van der Waals surface area (Å²) in [7, 11) is 0. The van der Waals surface area contributed by atoms with Gasteiger partial charge in [0.05, 0.1) is 29.8 Å². The molecule has 0 aliphatic heterocycles. The number of nitrogens with zero attached hydrogens (tertiary/aromatic N) is 3. The summed E-state index contributed by atoms with van der Waals surface area (Å²) >= 11 is 1.71. The van der Waals surface area contributed by atoms with Gasteiger partial charge in [-0.15, -0.1) is 11.3 Å². The third-order valence-corrected chi connectivity index (χ3v) is 3.93. The molecule has 2 aromatic heterocycles. The Kier molecular flexibility index (Phi) is 2.94. The molecule has 1 N–H and O–H groups in total. The zero-order valence-corrected chi connectivity index (χ0v) is 10.7. The highest BCUT2D eigenvalue weighted by molar-refractivity contribution is 7.09. The van der Waals surface area contributed by atoms with Gasteiger partial charge in [0.15, 0.2) is 0 Å². The quantitative estimate of drug-likeness (QED) is 0.879. The third kappa shape index (κ3) is 2.73. The topological polar surface area (TPSA) is 42.7 Å². The van der Waals surface area contributed by atoms with Gasteiger partial charge in [-0.3, -0.25) is 0 Å². The third-order valence-electron chi connectivity index (χ3n) is 3.01. The van der Waals surface area contributed by atoms with E-state index < -0.39 is 0 Å². The lowest BCUT2D eigenvalue weighted by Crippen LogP contribution is -2.15. The van der Waals surface area contributed by atoms with E-state index in [0.717, 1.165) is 30.5 Å². The van der Waals surface area contributed by atoms with Gasteiger partial charge in [0.1, 0.15) is 0 Å². The Balaban J connectivity index is 1.61. The molecule has 0 amide bonds. The molecule has 0 radical (unpaired) electrons. The molecule has 2 aromatic rings. The van der Waals surface area contributed by atoms with Crippen molar-refractivity contribution in [1.29, 1.82) is 0 Å². The van der Waals surface area contributed by atoms with Crippen molar-refractivity contribution < 1.29 is 0 Å². The van der Waals surface area contributed by atoms with E-state index in [1.54, 1.807) is 11.3 Å². The molecule has 5 heteroatoms. The normalized spacial score (nSPS) is 15.4. The molecule has 4 nitrogen and oxygen atoms in total. The number of imidazole rings is 1. The summed E-state index contributed by atoms with van der Waals surface area (Å²) in [4.78, 5) is 9.98. The molecule has 1 aliphatic carbocycles. The largest absolute Gasteiger partial charge is 0.332 e. The Morgan fingerprint density at radius 2 is 2.35 bits per heavy atom. The summed E-state index contributed by atoms with van der Waals surface area (Å²) in [5, 5.41) is 3.47. The maximum Gasteiger partial charge on any atom is 0.0953 e. The van der Waals surface area contributed by atoms with Crippen LogP contribution in [0, 0.1) is 6.92 Å². The van der Waals surface area contributed by atoms with Crippen LogP contribution in [-0.4, -0.2) is 20.6 Å². The van der Waals surface area contributed by atoms with Crippen molar-refractivity contribution in [3.05, 3.63) is 34.3 Å². The van der Waals surface area contributed by atoms with Crippen molar-refractivity contribution in [2.75, 3.05) is 0 Å². The highest BCUT2D eigenvalue weighted by Gasteiger charge is 2.20. The van der Waals surface area contributed by atoms with E-state index in [9.17, 15) is 0 Å². The van der Waals surface area contributed by atoms with Crippen LogP contribution in [0.25, 0.3) is 0 Å². The number of nitrogens with one attached hydrogen (secondary N) is 1. The summed E-state index contributed by atoms with van der Waals surface area (Å²) in [5.74, 6) is 0. The lowest BCUT2D eigenvalue weighted by atomic mass is 10.4. The summed E-state index contributed by atoms with van der Waals surface area (Å²) in [6.07, 6.45) is 6.67. The highest BCUT2D eigenvalue weighted by Crippen LogP contribution is 2.19. The first-order valence-corrected chi connectivity index (χ1v) is 6.82. The minimum atomic E-state index is 0.740. The Hall–Kier alpha value is -1.20. The second kappa shape index (κ2) is 4.58. The zero-order valence-electron chi connectivity index (χ0n) is 9.89. The van der Waals surface area contributed by atoms with Gasteiger partial charge in [0.2, 0.25) is 0 Å². The van der Waals surface area contributed by atoms with Crippen molar-refractivity contribution in [3.63, 3.8) is 0 Å². The molecule has 0 unspecified atom stereocenters. The molecule has 0 saturated heterocycles. The van der Waals surface area contributed by atoms with Crippen LogP contribution in [0.15, 0.2) is 18.0 Å². The van der Waals surface area contributed by atoms with E-state index in [4.69, 9.17) is 0 Å². The first-order chi connectivity index (χ1) is 8.31. The van der Waals surface area contributed by atoms with Crippen molar-refractivity contribution in [2.24, 2.45) is 0 Å². The van der Waals surface area contributed by atoms with Gasteiger partial charge in [-0.25, -0.2) is 9.97 Å². The van der Waals surface area contributed by atoms with Crippen LogP contribution in [0.2, 0.25) is 0 Å². The highest BCUT2D eigenvalue weighted by atomic mass is 32.1. The molecular weight excluding hydrogens is 232 g/mol. The number of aromatic nitrogens is 3. The first kappa shape index (κ1) is 10.9. The van der Waals surface area contributed by atoms with Gasteiger partial charge in [-0.2, -0.15) is 0 Å². The number of hydrogen-bond acceptors (Lipinski definition) is 4. The Morgan fingerprint density at radius 3 is 3.06 bits per heavy atom. The lowest BCUT2D eigenvalue weighted by Gasteiger charge is -2.00. The maximum atomic E-state index is 4.41. The van der Waals surface area contributed by atoms with Gasteiger partial charge >= 0.3 is 0 Å². The molecule has 1 saturated carbocycles. The molecule has 2 heterocycles. The average Bonchev–Trinajstić information content (AvgIpc) is 2.92. The van der Waals surface area contributed by atoms with Gasteiger partial charge in [-0.05, 0) is 19.8 Å². The zero-order chi connectivity index (χ0) is 11.7. The monoisotopic (exact) mass is 248 g/mol. The second-order valence-electron chi connectivity index (χ2n) is 4.55. The Morgan fingerprint density at radius 1 is 1.47 bits per heavy atom. The smallest absolute Gasteiger partial charge is 0.0953 e. The van der Waals surface area contributed by atoms with E-state index in [1.807, 2.05) is 11.8 Å². The lowest BCUT2D eigenvalue weighted by molar-refractivity contribution is 0.676. The molecule has 3 rings (SSSR count). The predicted molar refractivity (Wildman–Crippen MR) is 68.0 cm³/mol. The van der Waals surface area contributed by atoms with Crippen LogP contribution in [-0.2, 0) is 13.1 Å². The molecule has 90 valence electrons. The minimum Gasteiger partial charge on any atom is -0.332 e. The standard InChI is InChI=1S/C12H16N4S/c1-9-12(17-8-15-9)6-16-5-11(14-7-16)4-13-10-2-3-10/h5,7-8,10,13H,2-4,6H2,1H3. The van der Waals surface area contributed by atoms with E-state index >= 15 is 0 Å². The van der Waals surface area contributed by atoms with Gasteiger partial charge in [0, 0.05) is 23.7 Å². The first-order valence-electron chi connectivity index (χ1n) is 5.94. The molecule has 0 aromatic carbocycles. The van der Waals surface area contributed by atoms with Crippen LogP contribution in [0.5, 0.6) is 0 Å². The van der Waals surface area contributed by atoms with Crippen LogP contribution in [0.3, 0.4) is 0 Å². The van der Waals surface area contributed by atoms with Crippen molar-refractivity contribution in [3.8, 4) is 0 Å². The van der Waals surface area contributed by atoms with Crippen molar-refractivity contribution in [2.45, 2.75) is 38.9 Å². The number of aryl methyl sites for hydroxylation is 1. The molecule has 0 spiro atoms. The molecule has 0 atom stereocenters. The summed E-state index contributed by atoms with van der Waals surface area (Å²) in [6, 6.07) is 0.740. The SMILES string of the molecule is Cc1ncsc1Cn1cnc(CNC2CC2)c1. The van der Waals surface area contributed by atoms with Gasteiger partial charge in [0.25, 0.3) is 0 Å². The van der Waals surface area contributed by atoms with E-state index in [-0.39, 0.29) is 0 Å². The van der Waals surface area contributed by atoms with Gasteiger partial charge < -0.3 is 9.88 Å². The van der Waals surface area contributed by atoms with E-state index in [1.165, 1.54) is 17.7 Å². The summed E-state index contributed by atoms with van der Waals surface area (Å²) < 4.78 is 2.13. The van der Waals surface area contributed by atoms with Crippen LogP contribution < -0.4 is 5.32 Å².